The number of hydrogen-bond donors (Lipinski definition) is 2. The Balaban J connectivity index is 2.26. The molecule has 0 aliphatic carbocycles. The van der Waals surface area contributed by atoms with Crippen LogP contribution in [0.4, 0.5) is 5.69 Å². The summed E-state index contributed by atoms with van der Waals surface area (Å²) in [5, 5.41) is 24.0. The Morgan fingerprint density at radius 1 is 0.944 bits per heavy atom. The summed E-state index contributed by atoms with van der Waals surface area (Å²) in [5.41, 5.74) is 0.240. The van der Waals surface area contributed by atoms with Gasteiger partial charge in [0.15, 0.2) is 0 Å². The fourth-order valence-electron chi connectivity index (χ4n) is 4.02. The van der Waals surface area contributed by atoms with Crippen LogP contribution in [0.5, 0.6) is 0 Å². The fraction of sp³-hybridized carbons (Fsp3) is 0.704. The zero-order valence-electron chi connectivity index (χ0n) is 21.6. The molecule has 2 atom stereocenters. The van der Waals surface area contributed by atoms with Crippen LogP contribution in [0.3, 0.4) is 0 Å². The number of unbranched alkanes of at least 4 members (excludes halogenated alkanes) is 12. The second-order valence-corrected chi connectivity index (χ2v) is 9.54. The minimum Gasteiger partial charge on any atom is -0.463 e. The number of hydrogen-bond acceptors (Lipinski definition) is 6. The van der Waals surface area contributed by atoms with Crippen molar-refractivity contribution in [3.63, 3.8) is 0 Å². The minimum atomic E-state index is -1.22. The summed E-state index contributed by atoms with van der Waals surface area (Å²) in [6.07, 6.45) is 14.9. The minimum absolute atomic E-state index is 0.114. The van der Waals surface area contributed by atoms with Crippen LogP contribution in [0.25, 0.3) is 0 Å². The molecule has 0 aliphatic rings. The number of nitrogens with one attached hydrogen (secondary N) is 1. The van der Waals surface area contributed by atoms with Crippen molar-refractivity contribution in [1.82, 2.24) is 5.32 Å². The first-order valence-electron chi connectivity index (χ1n) is 13.3. The lowest BCUT2D eigenvalue weighted by Crippen LogP contribution is -2.43. The lowest BCUT2D eigenvalue weighted by Gasteiger charge is -2.24. The molecule has 0 fully saturated rings. The van der Waals surface area contributed by atoms with E-state index in [4.69, 9.17) is 16.3 Å². The number of benzene rings is 1. The molecule has 9 heteroatoms. The van der Waals surface area contributed by atoms with E-state index in [1.54, 1.807) is 0 Å². The maximum Gasteiger partial charge on any atom is 0.305 e. The van der Waals surface area contributed by atoms with Crippen molar-refractivity contribution in [3.05, 3.63) is 39.9 Å². The molecule has 0 saturated heterocycles. The largest absolute Gasteiger partial charge is 0.463 e. The van der Waals surface area contributed by atoms with E-state index in [1.807, 2.05) is 0 Å². The Morgan fingerprint density at radius 2 is 1.44 bits per heavy atom. The molecule has 0 bridgehead atoms. The monoisotopic (exact) mass is 526 g/mol. The quantitative estimate of drug-likeness (QED) is 0.0630. The maximum absolute atomic E-state index is 12.2. The first-order valence-corrected chi connectivity index (χ1v) is 13.9. The Hall–Kier alpha value is -2.19. The van der Waals surface area contributed by atoms with Crippen molar-refractivity contribution >= 4 is 29.2 Å². The number of nitro groups is 1. The molecule has 0 unspecified atom stereocenters. The van der Waals surface area contributed by atoms with Crippen molar-refractivity contribution in [3.8, 4) is 0 Å². The Bertz CT molecular complexity index is 759. The van der Waals surface area contributed by atoms with Gasteiger partial charge in [-0.05, 0) is 24.1 Å². The number of aliphatic hydroxyl groups excluding tert-OH is 1. The second kappa shape index (κ2) is 19.9. The van der Waals surface area contributed by atoms with Crippen LogP contribution in [0.2, 0.25) is 0 Å². The average molecular weight is 527 g/mol. The number of aliphatic hydroxyl groups is 1. The number of esters is 1. The third-order valence-corrected chi connectivity index (χ3v) is 6.45. The molecule has 0 heterocycles. The number of ether oxygens (including phenoxy) is 1. The first-order chi connectivity index (χ1) is 17.4. The standard InChI is InChI=1S/C27H43ClN2O6/c1-2-3-4-5-6-7-8-9-10-11-12-13-14-15-26(32)36-21-24(29-25(31)20-28)27(33)22-16-18-23(19-17-22)30(34)35/h16-19,24,27,33H,2-15,20-21H2,1H3,(H,29,31)/t24-,27-/m1/s1. The molecule has 2 N–H and O–H groups in total. The Labute approximate surface area is 220 Å². The lowest BCUT2D eigenvalue weighted by atomic mass is 10.0. The number of amides is 1. The predicted molar refractivity (Wildman–Crippen MR) is 142 cm³/mol. The van der Waals surface area contributed by atoms with E-state index in [1.165, 1.54) is 88.5 Å². The molecule has 0 radical (unpaired) electrons. The van der Waals surface area contributed by atoms with Gasteiger partial charge in [-0.1, -0.05) is 84.0 Å². The van der Waals surface area contributed by atoms with Crippen molar-refractivity contribution in [2.24, 2.45) is 0 Å². The van der Waals surface area contributed by atoms with Gasteiger partial charge in [0.25, 0.3) is 5.69 Å². The molecule has 1 aromatic carbocycles. The van der Waals surface area contributed by atoms with E-state index in [0.717, 1.165) is 19.3 Å². The van der Waals surface area contributed by atoms with Gasteiger partial charge >= 0.3 is 5.97 Å². The lowest BCUT2D eigenvalue weighted by molar-refractivity contribution is -0.384. The maximum atomic E-state index is 12.2. The van der Waals surface area contributed by atoms with E-state index in [2.05, 4.69) is 12.2 Å². The zero-order valence-corrected chi connectivity index (χ0v) is 22.3. The van der Waals surface area contributed by atoms with E-state index in [9.17, 15) is 24.8 Å². The number of non-ortho nitro benzene ring substituents is 1. The molecule has 204 valence electrons. The molecule has 1 amide bonds. The van der Waals surface area contributed by atoms with Gasteiger partial charge in [-0.3, -0.25) is 19.7 Å². The van der Waals surface area contributed by atoms with Crippen LogP contribution in [0.15, 0.2) is 24.3 Å². The van der Waals surface area contributed by atoms with Crippen molar-refractivity contribution in [2.75, 3.05) is 12.5 Å². The number of rotatable bonds is 21. The smallest absolute Gasteiger partial charge is 0.305 e. The number of nitro benzene ring substituents is 1. The van der Waals surface area contributed by atoms with Crippen LogP contribution in [0, 0.1) is 10.1 Å². The van der Waals surface area contributed by atoms with E-state index in [-0.39, 0.29) is 30.6 Å². The van der Waals surface area contributed by atoms with Crippen molar-refractivity contribution in [2.45, 2.75) is 109 Å². The average Bonchev–Trinajstić information content (AvgIpc) is 2.88. The summed E-state index contributed by atoms with van der Waals surface area (Å²) < 4.78 is 5.30. The summed E-state index contributed by atoms with van der Waals surface area (Å²) in [6, 6.07) is 4.41. The van der Waals surface area contributed by atoms with Gasteiger partial charge in [0.2, 0.25) is 5.91 Å². The van der Waals surface area contributed by atoms with Crippen LogP contribution in [-0.2, 0) is 14.3 Å². The summed E-state index contributed by atoms with van der Waals surface area (Å²) in [7, 11) is 0. The summed E-state index contributed by atoms with van der Waals surface area (Å²) in [5.74, 6) is -1.22. The van der Waals surface area contributed by atoms with Gasteiger partial charge in [0.05, 0.1) is 11.0 Å². The fourth-order valence-corrected chi connectivity index (χ4v) is 4.10. The zero-order chi connectivity index (χ0) is 26.6. The van der Waals surface area contributed by atoms with Gasteiger partial charge in [-0.25, -0.2) is 0 Å². The summed E-state index contributed by atoms with van der Waals surface area (Å²) in [4.78, 5) is 34.2. The predicted octanol–water partition coefficient (Wildman–Crippen LogP) is 6.38. The highest BCUT2D eigenvalue weighted by molar-refractivity contribution is 6.27. The SMILES string of the molecule is CCCCCCCCCCCCCCCC(=O)OC[C@@H](NC(=O)CCl)[C@H](O)c1ccc([N+](=O)[O-])cc1. The van der Waals surface area contributed by atoms with Crippen LogP contribution in [0.1, 0.15) is 108 Å². The molecule has 1 aromatic rings. The third kappa shape index (κ3) is 14.4. The van der Waals surface area contributed by atoms with Crippen LogP contribution < -0.4 is 5.32 Å². The van der Waals surface area contributed by atoms with Crippen LogP contribution >= 0.6 is 11.6 Å². The second-order valence-electron chi connectivity index (χ2n) is 9.28. The Morgan fingerprint density at radius 3 is 1.92 bits per heavy atom. The summed E-state index contributed by atoms with van der Waals surface area (Å²) >= 11 is 5.56. The molecule has 1 rings (SSSR count). The highest BCUT2D eigenvalue weighted by Crippen LogP contribution is 2.21. The molecule has 36 heavy (non-hydrogen) atoms. The van der Waals surface area contributed by atoms with Gasteiger partial charge in [-0.2, -0.15) is 0 Å². The Kier molecular flexibility index (Phi) is 17.6. The van der Waals surface area contributed by atoms with E-state index in [0.29, 0.717) is 5.56 Å². The number of carbonyl (C=O) groups excluding carboxylic acids is 2. The highest BCUT2D eigenvalue weighted by Gasteiger charge is 2.25. The van der Waals surface area contributed by atoms with Gasteiger partial charge in [0.1, 0.15) is 18.6 Å². The summed E-state index contributed by atoms with van der Waals surface area (Å²) in [6.45, 7) is 2.01. The number of nitrogens with zero attached hydrogens (tertiary/aromatic N) is 1. The molecule has 0 aromatic heterocycles. The number of alkyl halides is 1. The molecular formula is C27H43ClN2O6. The molecule has 0 saturated carbocycles. The normalized spacial score (nSPS) is 12.6. The van der Waals surface area contributed by atoms with E-state index < -0.39 is 23.0 Å². The third-order valence-electron chi connectivity index (χ3n) is 6.20. The van der Waals surface area contributed by atoms with Gasteiger partial charge in [-0.15, -0.1) is 11.6 Å². The number of carbonyl (C=O) groups is 2. The van der Waals surface area contributed by atoms with Crippen molar-refractivity contribution in [1.29, 1.82) is 0 Å². The van der Waals surface area contributed by atoms with Gasteiger partial charge in [0, 0.05) is 18.6 Å². The number of halogens is 1. The molecule has 8 nitrogen and oxygen atoms in total. The molecule has 0 aliphatic heterocycles. The first kappa shape index (κ1) is 31.8. The van der Waals surface area contributed by atoms with Gasteiger partial charge < -0.3 is 15.2 Å². The molecular weight excluding hydrogens is 484 g/mol. The van der Waals surface area contributed by atoms with Crippen LogP contribution in [-0.4, -0.2) is 40.4 Å². The highest BCUT2D eigenvalue weighted by atomic mass is 35.5. The topological polar surface area (TPSA) is 119 Å². The van der Waals surface area contributed by atoms with E-state index >= 15 is 0 Å². The van der Waals surface area contributed by atoms with Crippen molar-refractivity contribution < 1.29 is 24.4 Å². The molecule has 0 spiro atoms.